The predicted molar refractivity (Wildman–Crippen MR) is 81.4 cm³/mol. The Morgan fingerprint density at radius 2 is 1.52 bits per heavy atom. The molecule has 0 aliphatic carbocycles. The van der Waals surface area contributed by atoms with E-state index in [-0.39, 0.29) is 29.5 Å². The lowest BCUT2D eigenvalue weighted by atomic mass is 10.1. The van der Waals surface area contributed by atoms with Crippen LogP contribution in [-0.2, 0) is 19.9 Å². The van der Waals surface area contributed by atoms with Crippen LogP contribution in [0.15, 0.2) is 47.4 Å². The van der Waals surface area contributed by atoms with Gasteiger partial charge in [-0.05, 0) is 11.5 Å². The van der Waals surface area contributed by atoms with E-state index in [0.29, 0.717) is 5.39 Å². The van der Waals surface area contributed by atoms with E-state index in [1.54, 1.807) is 24.3 Å². The van der Waals surface area contributed by atoms with Gasteiger partial charge in [0.1, 0.15) is 0 Å². The minimum absolute atomic E-state index is 0.0217. The number of fused-ring (bicyclic) bond motifs is 1. The molecule has 1 saturated heterocycles. The maximum atomic E-state index is 12.7. The zero-order valence-corrected chi connectivity index (χ0v) is 12.9. The lowest BCUT2D eigenvalue weighted by molar-refractivity contribution is 0.431. The normalized spacial score (nSPS) is 19.6. The Balaban J connectivity index is 2.05. The molecule has 0 unspecified atom stereocenters. The molecule has 1 fully saturated rings. The molecule has 0 N–H and O–H groups in total. The first-order chi connectivity index (χ1) is 9.90. The zero-order valence-electron chi connectivity index (χ0n) is 11.3. The molecule has 1 heterocycles. The van der Waals surface area contributed by atoms with Crippen molar-refractivity contribution in [3.05, 3.63) is 42.5 Å². The van der Waals surface area contributed by atoms with Crippen molar-refractivity contribution in [3.63, 3.8) is 0 Å². The van der Waals surface area contributed by atoms with Gasteiger partial charge in [0.05, 0.1) is 16.4 Å². The van der Waals surface area contributed by atoms with E-state index in [0.717, 1.165) is 5.39 Å². The van der Waals surface area contributed by atoms with Crippen LogP contribution in [0.4, 0.5) is 0 Å². The largest absolute Gasteiger partial charge is 0.243 e. The summed E-state index contributed by atoms with van der Waals surface area (Å²) in [6.45, 7) is 0.0434. The van der Waals surface area contributed by atoms with Crippen LogP contribution >= 0.6 is 0 Å². The Bertz CT molecular complexity index is 869. The van der Waals surface area contributed by atoms with Crippen molar-refractivity contribution in [2.75, 3.05) is 24.6 Å². The molecule has 21 heavy (non-hydrogen) atoms. The summed E-state index contributed by atoms with van der Waals surface area (Å²) in [4.78, 5) is 0.236. The van der Waals surface area contributed by atoms with Crippen molar-refractivity contribution in [1.82, 2.24) is 4.31 Å². The Kier molecular flexibility index (Phi) is 3.51. The summed E-state index contributed by atoms with van der Waals surface area (Å²) in [6, 6.07) is 12.4. The Hall–Kier alpha value is -1.44. The monoisotopic (exact) mass is 325 g/mol. The number of nitrogens with zero attached hydrogens (tertiary/aromatic N) is 1. The van der Waals surface area contributed by atoms with Gasteiger partial charge in [0.2, 0.25) is 10.0 Å². The molecule has 5 nitrogen and oxygen atoms in total. The molecule has 0 spiro atoms. The third kappa shape index (κ3) is 2.68. The summed E-state index contributed by atoms with van der Waals surface area (Å²) >= 11 is 0. The molecule has 0 aromatic heterocycles. The maximum Gasteiger partial charge on any atom is 0.243 e. The van der Waals surface area contributed by atoms with Crippen LogP contribution < -0.4 is 0 Å². The summed E-state index contributed by atoms with van der Waals surface area (Å²) < 4.78 is 49.6. The first kappa shape index (κ1) is 14.5. The van der Waals surface area contributed by atoms with Gasteiger partial charge in [0.25, 0.3) is 0 Å². The summed E-state index contributed by atoms with van der Waals surface area (Å²) in [7, 11) is -6.78. The third-order valence-electron chi connectivity index (χ3n) is 3.67. The first-order valence-electron chi connectivity index (χ1n) is 6.58. The van der Waals surface area contributed by atoms with Crippen LogP contribution in [0, 0.1) is 0 Å². The van der Waals surface area contributed by atoms with E-state index in [4.69, 9.17) is 0 Å². The maximum absolute atomic E-state index is 12.7. The topological polar surface area (TPSA) is 71.5 Å². The average Bonchev–Trinajstić information content (AvgIpc) is 2.46. The van der Waals surface area contributed by atoms with Crippen LogP contribution in [0.5, 0.6) is 0 Å². The van der Waals surface area contributed by atoms with E-state index < -0.39 is 19.9 Å². The molecule has 0 radical (unpaired) electrons. The molecule has 3 rings (SSSR count). The van der Waals surface area contributed by atoms with Gasteiger partial charge >= 0.3 is 0 Å². The zero-order chi connectivity index (χ0) is 15.1. The Morgan fingerprint density at radius 3 is 2.24 bits per heavy atom. The molecular weight excluding hydrogens is 310 g/mol. The Labute approximate surface area is 124 Å². The summed E-state index contributed by atoms with van der Waals surface area (Å²) in [5.74, 6) is -0.228. The predicted octanol–water partition coefficient (Wildman–Crippen LogP) is 1.26. The van der Waals surface area contributed by atoms with Gasteiger partial charge in [-0.3, -0.25) is 0 Å². The van der Waals surface area contributed by atoms with Gasteiger partial charge in [0.15, 0.2) is 9.84 Å². The standard InChI is InChI=1S/C14H15NO4S2/c16-20(17)10-8-15(9-11-20)21(18,19)14-7-3-5-12-4-1-2-6-13(12)14/h1-7H,8-11H2. The summed E-state index contributed by atoms with van der Waals surface area (Å²) in [6.07, 6.45) is 0. The highest BCUT2D eigenvalue weighted by Gasteiger charge is 2.31. The second-order valence-corrected chi connectivity index (χ2v) is 9.24. The lowest BCUT2D eigenvalue weighted by Gasteiger charge is -2.26. The van der Waals surface area contributed by atoms with Crippen molar-refractivity contribution in [1.29, 1.82) is 0 Å². The van der Waals surface area contributed by atoms with E-state index in [2.05, 4.69) is 0 Å². The highest BCUT2D eigenvalue weighted by molar-refractivity contribution is 7.92. The van der Waals surface area contributed by atoms with Crippen molar-refractivity contribution >= 4 is 30.6 Å². The second-order valence-electron chi connectivity index (χ2n) is 5.03. The molecule has 0 atom stereocenters. The number of sulfonamides is 1. The molecule has 0 saturated carbocycles. The minimum atomic E-state index is -3.67. The molecule has 112 valence electrons. The fraction of sp³-hybridized carbons (Fsp3) is 0.286. The van der Waals surface area contributed by atoms with Gasteiger partial charge in [-0.2, -0.15) is 4.31 Å². The van der Waals surface area contributed by atoms with Crippen LogP contribution in [-0.4, -0.2) is 45.7 Å². The SMILES string of the molecule is O=S1(=O)CCN(S(=O)(=O)c2cccc3ccccc23)CC1. The molecule has 1 aliphatic rings. The van der Waals surface area contributed by atoms with Gasteiger partial charge in [-0.15, -0.1) is 0 Å². The molecule has 7 heteroatoms. The van der Waals surface area contributed by atoms with Crippen molar-refractivity contribution in [2.24, 2.45) is 0 Å². The Morgan fingerprint density at radius 1 is 0.905 bits per heavy atom. The summed E-state index contributed by atoms with van der Waals surface area (Å²) in [5.41, 5.74) is 0. The number of hydrogen-bond donors (Lipinski definition) is 0. The van der Waals surface area contributed by atoms with Gasteiger partial charge in [-0.1, -0.05) is 36.4 Å². The van der Waals surface area contributed by atoms with Crippen LogP contribution in [0.1, 0.15) is 0 Å². The quantitative estimate of drug-likeness (QED) is 0.833. The van der Waals surface area contributed by atoms with Gasteiger partial charge in [0, 0.05) is 18.5 Å². The smallest absolute Gasteiger partial charge is 0.229 e. The van der Waals surface area contributed by atoms with E-state index in [1.807, 2.05) is 18.2 Å². The molecule has 2 aromatic carbocycles. The highest BCUT2D eigenvalue weighted by atomic mass is 32.2. The van der Waals surface area contributed by atoms with Crippen molar-refractivity contribution < 1.29 is 16.8 Å². The fourth-order valence-electron chi connectivity index (χ4n) is 2.50. The van der Waals surface area contributed by atoms with E-state index >= 15 is 0 Å². The minimum Gasteiger partial charge on any atom is -0.229 e. The van der Waals surface area contributed by atoms with Crippen molar-refractivity contribution in [2.45, 2.75) is 4.90 Å². The number of rotatable bonds is 2. The average molecular weight is 325 g/mol. The number of sulfone groups is 1. The number of benzene rings is 2. The van der Waals surface area contributed by atoms with Crippen LogP contribution in [0.3, 0.4) is 0 Å². The third-order valence-corrected chi connectivity index (χ3v) is 7.24. The van der Waals surface area contributed by atoms with Crippen LogP contribution in [0.25, 0.3) is 10.8 Å². The van der Waals surface area contributed by atoms with Gasteiger partial charge in [-0.25, -0.2) is 16.8 Å². The molecule has 1 aliphatic heterocycles. The van der Waals surface area contributed by atoms with Gasteiger partial charge < -0.3 is 0 Å². The van der Waals surface area contributed by atoms with Crippen LogP contribution in [0.2, 0.25) is 0 Å². The second kappa shape index (κ2) is 5.08. The molecular formula is C14H15NO4S2. The fourth-order valence-corrected chi connectivity index (χ4v) is 5.58. The van der Waals surface area contributed by atoms with E-state index in [9.17, 15) is 16.8 Å². The lowest BCUT2D eigenvalue weighted by Crippen LogP contribution is -2.43. The molecule has 2 aromatic rings. The highest BCUT2D eigenvalue weighted by Crippen LogP contribution is 2.26. The molecule has 0 bridgehead atoms. The number of hydrogen-bond acceptors (Lipinski definition) is 4. The first-order valence-corrected chi connectivity index (χ1v) is 9.85. The molecule has 0 amide bonds. The van der Waals surface area contributed by atoms with Crippen molar-refractivity contribution in [3.8, 4) is 0 Å². The van der Waals surface area contributed by atoms with E-state index in [1.165, 1.54) is 4.31 Å². The summed E-state index contributed by atoms with van der Waals surface area (Å²) in [5, 5.41) is 1.51.